The molecule has 6 nitrogen and oxygen atoms in total. The summed E-state index contributed by atoms with van der Waals surface area (Å²) >= 11 is 2.47. The number of benzene rings is 2. The predicted octanol–water partition coefficient (Wildman–Crippen LogP) is 3.90. The van der Waals surface area contributed by atoms with Crippen molar-refractivity contribution in [3.8, 4) is 17.2 Å². The Balaban J connectivity index is 1.89. The van der Waals surface area contributed by atoms with Gasteiger partial charge in [-0.1, -0.05) is 0 Å². The second-order valence-electron chi connectivity index (χ2n) is 6.53. The van der Waals surface area contributed by atoms with Crippen LogP contribution in [0.25, 0.3) is 21.3 Å². The van der Waals surface area contributed by atoms with Gasteiger partial charge in [-0.3, -0.25) is 4.79 Å². The molecule has 2 aromatic carbocycles. The normalized spacial score (nSPS) is 11.8. The Morgan fingerprint density at radius 2 is 2.07 bits per heavy atom. The third-order valence-electron chi connectivity index (χ3n) is 4.49. The van der Waals surface area contributed by atoms with Crippen LogP contribution in [0.2, 0.25) is 0 Å². The number of nitrogens with one attached hydrogen (secondary N) is 1. The van der Waals surface area contributed by atoms with Crippen LogP contribution in [-0.2, 0) is 7.61 Å². The molecule has 3 aromatic rings. The van der Waals surface area contributed by atoms with Gasteiger partial charge >= 0.3 is 153 Å². The summed E-state index contributed by atoms with van der Waals surface area (Å²) in [5.74, 6) is -1.22. The first kappa shape index (κ1) is 22.4. The third kappa shape index (κ3) is 5.07. The molecule has 0 spiro atoms. The van der Waals surface area contributed by atoms with Gasteiger partial charge in [0, 0.05) is 6.54 Å². The van der Waals surface area contributed by atoms with Crippen LogP contribution in [0.15, 0.2) is 36.4 Å². The van der Waals surface area contributed by atoms with Gasteiger partial charge < -0.3 is 5.32 Å². The standard InChI is InChI=1S/C21H17AtFN3O3S/c1-12(27)16(11-29-22)21-26-18-10-17(23)15(9-19(18)30-21)13-3-5-14(6-4-13)20(28)25-8-2-7-24/h3-6,9-10,16H,2,8,11H2,1H3,(H,25,28). The van der Waals surface area contributed by atoms with E-state index < -0.39 is 11.7 Å². The molecule has 1 amide bonds. The second kappa shape index (κ2) is 10.2. The van der Waals surface area contributed by atoms with Crippen LogP contribution in [0.1, 0.15) is 34.6 Å². The number of hydrogen-bond donors (Lipinski definition) is 1. The molecule has 0 aliphatic carbocycles. The fraction of sp³-hybridized carbons (Fsp3) is 0.238. The van der Waals surface area contributed by atoms with Gasteiger partial charge in [0.25, 0.3) is 5.91 Å². The molecule has 154 valence electrons. The number of Topliss-reactive ketones (excluding diaryl/α,β-unsaturated/α-hetero) is 1. The Labute approximate surface area is 192 Å². The van der Waals surface area contributed by atoms with Gasteiger partial charge in [0.2, 0.25) is 0 Å². The fourth-order valence-electron chi connectivity index (χ4n) is 2.90. The van der Waals surface area contributed by atoms with Crippen molar-refractivity contribution in [1.29, 1.82) is 5.26 Å². The topological polar surface area (TPSA) is 92.1 Å². The van der Waals surface area contributed by atoms with Gasteiger partial charge in [-0.25, -0.2) is 0 Å². The molecule has 0 aliphatic heterocycles. The molecule has 0 saturated carbocycles. The predicted molar refractivity (Wildman–Crippen MR) is 107 cm³/mol. The van der Waals surface area contributed by atoms with Crippen LogP contribution >= 0.6 is 11.3 Å². The Hall–Kier alpha value is -2.27. The molecule has 0 radical (unpaired) electrons. The number of carbonyl (C=O) groups excluding carboxylic acids is 2. The summed E-state index contributed by atoms with van der Waals surface area (Å²) in [4.78, 5) is 28.4. The Kier molecular flexibility index (Phi) is 7.60. The minimum absolute atomic E-state index is 0.0464. The number of nitriles is 1. The molecule has 1 N–H and O–H groups in total. The Morgan fingerprint density at radius 1 is 1.33 bits per heavy atom. The van der Waals surface area contributed by atoms with Crippen molar-refractivity contribution in [1.82, 2.24) is 10.3 Å². The van der Waals surface area contributed by atoms with E-state index in [9.17, 15) is 14.0 Å². The van der Waals surface area contributed by atoms with Crippen LogP contribution in [0.3, 0.4) is 0 Å². The zero-order chi connectivity index (χ0) is 21.7. The van der Waals surface area contributed by atoms with Crippen molar-refractivity contribution < 1.29 is 42.0 Å². The van der Waals surface area contributed by atoms with Gasteiger partial charge in [0.15, 0.2) is 0 Å². The third-order valence-corrected chi connectivity index (χ3v) is 6.11. The number of nitrogens with zero attached hydrogens (tertiary/aromatic N) is 2. The summed E-state index contributed by atoms with van der Waals surface area (Å²) in [7, 11) is 0. The van der Waals surface area contributed by atoms with Crippen LogP contribution in [-0.4, -0.2) is 29.8 Å². The van der Waals surface area contributed by atoms with Gasteiger partial charge in [0.05, 0.1) is 12.5 Å². The number of rotatable bonds is 8. The second-order valence-corrected chi connectivity index (χ2v) is 8.44. The Bertz CT molecular complexity index is 1120. The quantitative estimate of drug-likeness (QED) is 0.386. The van der Waals surface area contributed by atoms with E-state index in [4.69, 9.17) is 8.08 Å². The van der Waals surface area contributed by atoms with E-state index in [-0.39, 0.29) is 31.3 Å². The molecule has 1 heterocycles. The number of hydrogen-bond acceptors (Lipinski definition) is 6. The zero-order valence-corrected chi connectivity index (χ0v) is 19.7. The molecular formula is C21H17AtFN3O3S. The summed E-state index contributed by atoms with van der Waals surface area (Å²) in [6.07, 6.45) is 0.238. The van der Waals surface area contributed by atoms with Crippen molar-refractivity contribution in [3.05, 3.63) is 52.8 Å². The van der Waals surface area contributed by atoms with Gasteiger partial charge in [-0.2, -0.15) is 5.26 Å². The minimum atomic E-state index is -0.460. The van der Waals surface area contributed by atoms with E-state index in [0.29, 0.717) is 27.2 Å². The number of thiazole rings is 1. The van der Waals surface area contributed by atoms with E-state index in [2.05, 4.69) is 10.3 Å². The van der Waals surface area contributed by atoms with E-state index >= 15 is 0 Å². The first-order chi connectivity index (χ1) is 14.4. The average Bonchev–Trinajstić information content (AvgIpc) is 3.13. The van der Waals surface area contributed by atoms with Crippen LogP contribution in [0.5, 0.6) is 0 Å². The van der Waals surface area contributed by atoms with Gasteiger partial charge in [0.1, 0.15) is 0 Å². The molecule has 1 aromatic heterocycles. The maximum atomic E-state index is 14.8. The van der Waals surface area contributed by atoms with Gasteiger partial charge in [-0.15, -0.1) is 0 Å². The maximum absolute atomic E-state index is 14.8. The summed E-state index contributed by atoms with van der Waals surface area (Å²) in [6.45, 7) is 2.02. The van der Waals surface area contributed by atoms with Crippen molar-refractivity contribution in [2.75, 3.05) is 13.2 Å². The van der Waals surface area contributed by atoms with Gasteiger partial charge in [-0.05, 0) is 0 Å². The van der Waals surface area contributed by atoms with Crippen LogP contribution < -0.4 is 5.32 Å². The van der Waals surface area contributed by atoms with Crippen molar-refractivity contribution >= 4 is 33.2 Å². The summed E-state index contributed by atoms with van der Waals surface area (Å²) in [6, 6.07) is 11.6. The fourth-order valence-corrected chi connectivity index (χ4v) is 4.52. The summed E-state index contributed by atoms with van der Waals surface area (Å²) in [5, 5.41) is 11.8. The van der Waals surface area contributed by atoms with Crippen LogP contribution in [0.4, 0.5) is 4.39 Å². The SMILES string of the molecule is CC(=O)C(CO[At])c1nc2cc(F)c(-c3ccc(C(=O)NCCC#N)cc3)cc2s1. The van der Waals surface area contributed by atoms with E-state index in [1.165, 1.54) is 24.3 Å². The molecule has 0 saturated heterocycles. The molecule has 0 bridgehead atoms. The van der Waals surface area contributed by atoms with Crippen molar-refractivity contribution in [2.45, 2.75) is 19.3 Å². The number of fused-ring (bicyclic) bond motifs is 1. The molecule has 1 unspecified atom stereocenters. The number of ketones is 1. The number of carbonyl (C=O) groups is 2. The molecule has 30 heavy (non-hydrogen) atoms. The first-order valence-electron chi connectivity index (χ1n) is 9.04. The molecule has 1 atom stereocenters. The van der Waals surface area contributed by atoms with Crippen molar-refractivity contribution in [2.24, 2.45) is 0 Å². The van der Waals surface area contributed by atoms with E-state index in [1.54, 1.807) is 30.3 Å². The molecule has 0 aliphatic rings. The first-order valence-corrected chi connectivity index (χ1v) is 11.1. The van der Waals surface area contributed by atoms with E-state index in [0.717, 1.165) is 29.9 Å². The Morgan fingerprint density at radius 3 is 2.70 bits per heavy atom. The van der Waals surface area contributed by atoms with Crippen molar-refractivity contribution in [3.63, 3.8) is 0 Å². The molecule has 0 fully saturated rings. The number of halogens is 1. The molecule has 3 rings (SSSR count). The zero-order valence-electron chi connectivity index (χ0n) is 15.9. The molecule has 9 heteroatoms. The number of amides is 1. The summed E-state index contributed by atoms with van der Waals surface area (Å²) in [5.41, 5.74) is 1.95. The number of aromatic nitrogens is 1. The monoisotopic (exact) mass is 620 g/mol. The average molecular weight is 620 g/mol. The van der Waals surface area contributed by atoms with E-state index in [1.807, 2.05) is 6.07 Å². The van der Waals surface area contributed by atoms with Crippen LogP contribution in [0, 0.1) is 42.3 Å². The summed E-state index contributed by atoms with van der Waals surface area (Å²) < 4.78 is 20.7. The molecular weight excluding hydrogens is 603 g/mol.